The van der Waals surface area contributed by atoms with E-state index < -0.39 is 0 Å². The number of benzene rings is 1. The number of esters is 1. The fraction of sp³-hybridized carbons (Fsp3) is 0.522. The quantitative estimate of drug-likeness (QED) is 0.587. The molecule has 2 atom stereocenters. The number of carbonyl (C=O) groups excluding carboxylic acids is 1. The van der Waals surface area contributed by atoms with E-state index in [1.807, 2.05) is 24.3 Å². The molecule has 2 fully saturated rings. The highest BCUT2D eigenvalue weighted by Gasteiger charge is 2.43. The molecule has 0 amide bonds. The van der Waals surface area contributed by atoms with Crippen molar-refractivity contribution >= 4 is 23.5 Å². The first-order valence-corrected chi connectivity index (χ1v) is 11.0. The number of methoxy groups -OCH3 is 1. The van der Waals surface area contributed by atoms with Gasteiger partial charge in [-0.05, 0) is 61.1 Å². The monoisotopic (exact) mass is 429 g/mol. The van der Waals surface area contributed by atoms with Crippen molar-refractivity contribution in [2.75, 3.05) is 31.7 Å². The smallest absolute Gasteiger partial charge is 0.309 e. The van der Waals surface area contributed by atoms with E-state index in [9.17, 15) is 4.79 Å². The molecule has 2 aromatic rings. The number of carbonyl (C=O) groups is 1. The molecule has 1 aliphatic heterocycles. The van der Waals surface area contributed by atoms with E-state index >= 15 is 0 Å². The summed E-state index contributed by atoms with van der Waals surface area (Å²) >= 11 is 5.88. The van der Waals surface area contributed by atoms with Crippen LogP contribution in [0.1, 0.15) is 31.2 Å². The number of nitrogens with zero attached hydrogens (tertiary/aromatic N) is 3. The van der Waals surface area contributed by atoms with E-state index in [4.69, 9.17) is 21.1 Å². The molecule has 2 heterocycles. The average Bonchev–Trinajstić information content (AvgIpc) is 3.55. The van der Waals surface area contributed by atoms with Gasteiger partial charge >= 0.3 is 5.97 Å². The van der Waals surface area contributed by atoms with Gasteiger partial charge in [0.2, 0.25) is 5.95 Å². The molecule has 4 rings (SSSR count). The van der Waals surface area contributed by atoms with Crippen LogP contribution in [-0.4, -0.2) is 42.7 Å². The first kappa shape index (κ1) is 20.9. The molecule has 7 heteroatoms. The maximum atomic E-state index is 11.3. The van der Waals surface area contributed by atoms with E-state index in [0.29, 0.717) is 11.4 Å². The lowest BCUT2D eigenvalue weighted by molar-refractivity contribution is -0.139. The number of piperidine rings is 1. The first-order valence-electron chi connectivity index (χ1n) is 10.6. The van der Waals surface area contributed by atoms with Crippen molar-refractivity contribution in [1.82, 2.24) is 9.97 Å². The number of halogens is 1. The Bertz CT molecular complexity index is 836. The Morgan fingerprint density at radius 2 is 1.87 bits per heavy atom. The fourth-order valence-electron chi connectivity index (χ4n) is 4.45. The molecular formula is C23H28ClN3O3. The molecule has 0 spiro atoms. The summed E-state index contributed by atoms with van der Waals surface area (Å²) in [5.74, 6) is 3.84. The van der Waals surface area contributed by atoms with Crippen molar-refractivity contribution in [1.29, 1.82) is 0 Å². The fourth-order valence-corrected chi connectivity index (χ4v) is 4.54. The van der Waals surface area contributed by atoms with Crippen molar-refractivity contribution in [3.63, 3.8) is 0 Å². The van der Waals surface area contributed by atoms with Gasteiger partial charge < -0.3 is 14.4 Å². The van der Waals surface area contributed by atoms with Crippen LogP contribution in [0.5, 0.6) is 5.75 Å². The molecule has 0 N–H and O–H groups in total. The molecule has 0 bridgehead atoms. The molecule has 1 aliphatic carbocycles. The molecule has 1 saturated carbocycles. The summed E-state index contributed by atoms with van der Waals surface area (Å²) in [6.07, 6.45) is 8.46. The van der Waals surface area contributed by atoms with Gasteiger partial charge in [-0.2, -0.15) is 0 Å². The minimum absolute atomic E-state index is 0.227. The molecule has 0 radical (unpaired) electrons. The van der Waals surface area contributed by atoms with Gasteiger partial charge in [-0.3, -0.25) is 4.79 Å². The van der Waals surface area contributed by atoms with E-state index in [1.165, 1.54) is 26.4 Å². The van der Waals surface area contributed by atoms with Crippen LogP contribution in [0.3, 0.4) is 0 Å². The van der Waals surface area contributed by atoms with Gasteiger partial charge in [0.1, 0.15) is 5.75 Å². The number of hydrogen-bond donors (Lipinski definition) is 0. The summed E-state index contributed by atoms with van der Waals surface area (Å²) in [5, 5.41) is 0.578. The third kappa shape index (κ3) is 5.42. The lowest BCUT2D eigenvalue weighted by Crippen LogP contribution is -2.35. The Balaban J connectivity index is 1.15. The third-order valence-electron chi connectivity index (χ3n) is 6.27. The van der Waals surface area contributed by atoms with Gasteiger partial charge in [0.05, 0.1) is 37.6 Å². The topological polar surface area (TPSA) is 64.6 Å². The van der Waals surface area contributed by atoms with Gasteiger partial charge in [-0.25, -0.2) is 9.97 Å². The van der Waals surface area contributed by atoms with Gasteiger partial charge in [0.25, 0.3) is 0 Å². The standard InChI is InChI=1S/C23H28ClN3O3/c1-29-22(28)12-16-2-4-20(5-3-16)30-11-8-18-13-21(18)17-6-9-27(10-7-17)23-25-14-19(24)15-26-23/h2-5,14-15,17-18,21H,6-13H2,1H3. The molecule has 30 heavy (non-hydrogen) atoms. The molecule has 1 aromatic carbocycles. The first-order chi connectivity index (χ1) is 14.6. The minimum atomic E-state index is -0.227. The lowest BCUT2D eigenvalue weighted by Gasteiger charge is -2.32. The highest BCUT2D eigenvalue weighted by atomic mass is 35.5. The molecule has 1 aromatic heterocycles. The van der Waals surface area contributed by atoms with E-state index in [1.54, 1.807) is 12.4 Å². The largest absolute Gasteiger partial charge is 0.494 e. The zero-order chi connectivity index (χ0) is 20.9. The normalized spacial score (nSPS) is 21.3. The summed E-state index contributed by atoms with van der Waals surface area (Å²) in [4.78, 5) is 22.3. The number of hydrogen-bond acceptors (Lipinski definition) is 6. The molecule has 1 saturated heterocycles. The van der Waals surface area contributed by atoms with Gasteiger partial charge in [0, 0.05) is 13.1 Å². The van der Waals surface area contributed by atoms with Crippen molar-refractivity contribution in [2.24, 2.45) is 17.8 Å². The van der Waals surface area contributed by atoms with Crippen LogP contribution < -0.4 is 9.64 Å². The highest BCUT2D eigenvalue weighted by Crippen LogP contribution is 2.49. The second-order valence-electron chi connectivity index (χ2n) is 8.22. The van der Waals surface area contributed by atoms with Crippen LogP contribution >= 0.6 is 11.6 Å². The van der Waals surface area contributed by atoms with E-state index in [0.717, 1.165) is 61.1 Å². The van der Waals surface area contributed by atoms with Crippen LogP contribution in [0.2, 0.25) is 5.02 Å². The van der Waals surface area contributed by atoms with Crippen molar-refractivity contribution < 1.29 is 14.3 Å². The highest BCUT2D eigenvalue weighted by molar-refractivity contribution is 6.30. The van der Waals surface area contributed by atoms with Crippen LogP contribution in [0.25, 0.3) is 0 Å². The van der Waals surface area contributed by atoms with Gasteiger partial charge in [-0.1, -0.05) is 23.7 Å². The van der Waals surface area contributed by atoms with Crippen molar-refractivity contribution in [3.8, 4) is 5.75 Å². The van der Waals surface area contributed by atoms with Crippen molar-refractivity contribution in [2.45, 2.75) is 32.1 Å². The number of ether oxygens (including phenoxy) is 2. The number of anilines is 1. The lowest BCUT2D eigenvalue weighted by atomic mass is 9.90. The Hall–Kier alpha value is -2.34. The Labute approximate surface area is 182 Å². The van der Waals surface area contributed by atoms with Crippen LogP contribution in [0.4, 0.5) is 5.95 Å². The Morgan fingerprint density at radius 3 is 2.53 bits per heavy atom. The zero-order valence-corrected chi connectivity index (χ0v) is 18.1. The molecule has 6 nitrogen and oxygen atoms in total. The zero-order valence-electron chi connectivity index (χ0n) is 17.3. The summed E-state index contributed by atoms with van der Waals surface area (Å²) in [6, 6.07) is 7.70. The number of aromatic nitrogens is 2. The Kier molecular flexibility index (Phi) is 6.72. The second kappa shape index (κ2) is 9.65. The maximum Gasteiger partial charge on any atom is 0.309 e. The summed E-state index contributed by atoms with van der Waals surface area (Å²) in [6.45, 7) is 2.78. The third-order valence-corrected chi connectivity index (χ3v) is 6.46. The van der Waals surface area contributed by atoms with Crippen LogP contribution in [-0.2, 0) is 16.0 Å². The molecule has 2 aliphatic rings. The van der Waals surface area contributed by atoms with E-state index in [-0.39, 0.29) is 5.97 Å². The number of rotatable bonds is 8. The van der Waals surface area contributed by atoms with Gasteiger partial charge in [0.15, 0.2) is 0 Å². The SMILES string of the molecule is COC(=O)Cc1ccc(OCCC2CC2C2CCN(c3ncc(Cl)cn3)CC2)cc1. The van der Waals surface area contributed by atoms with Crippen molar-refractivity contribution in [3.05, 3.63) is 47.2 Å². The average molecular weight is 430 g/mol. The Morgan fingerprint density at radius 1 is 1.17 bits per heavy atom. The maximum absolute atomic E-state index is 11.3. The minimum Gasteiger partial charge on any atom is -0.494 e. The van der Waals surface area contributed by atoms with Gasteiger partial charge in [-0.15, -0.1) is 0 Å². The summed E-state index contributed by atoms with van der Waals surface area (Å²) < 4.78 is 10.6. The predicted octanol–water partition coefficient (Wildman–Crippen LogP) is 4.17. The van der Waals surface area contributed by atoms with Crippen LogP contribution in [0.15, 0.2) is 36.7 Å². The molecule has 160 valence electrons. The molecule has 2 unspecified atom stereocenters. The summed E-state index contributed by atoms with van der Waals surface area (Å²) in [7, 11) is 1.41. The summed E-state index contributed by atoms with van der Waals surface area (Å²) in [5.41, 5.74) is 0.937. The van der Waals surface area contributed by atoms with Crippen LogP contribution in [0, 0.1) is 17.8 Å². The molecular weight excluding hydrogens is 402 g/mol. The van der Waals surface area contributed by atoms with E-state index in [2.05, 4.69) is 14.9 Å². The predicted molar refractivity (Wildman–Crippen MR) is 116 cm³/mol. The second-order valence-corrected chi connectivity index (χ2v) is 8.66.